The molecule has 8 aromatic rings. The second kappa shape index (κ2) is 23.0. The molecule has 4 aliphatic carbocycles. The molecular formula is C78H76F6N2Si4. The molecule has 90 heavy (non-hydrogen) atoms. The standard InChI is InChI=1S/C78H76F6N2Si4/c1-87(2,3)63-21-13-17-53(45-63)55-29-43-73(69(49-55)57-19-15-23-65(47-57)89(7,8)9)85(61-35-31-59(32-36-61)77(79,80)81)71-41-27-51-26-40-68-72(42-28-52-25-39-67(71)75(51)76(52)68)86(62-37-33-60(34-38-62)78(82,83)84)74-44-30-56(54-18-14-22-64(46-54)88(4,5)6)50-70(74)58-20-16-24-66(48-58)90(10,11)12/h13-50,71,76H,1-12H3. The number of nitrogens with zero attached hydrogens (tertiary/aromatic N) is 2. The Bertz CT molecular complexity index is 4380. The van der Waals surface area contributed by atoms with Crippen LogP contribution in [-0.4, -0.2) is 38.3 Å². The number of halogens is 6. The van der Waals surface area contributed by atoms with Gasteiger partial charge in [-0.15, -0.1) is 0 Å². The molecule has 0 fully saturated rings. The number of hydrogen-bond acceptors (Lipinski definition) is 2. The summed E-state index contributed by atoms with van der Waals surface area (Å²) in [5.41, 5.74) is 15.4. The van der Waals surface area contributed by atoms with E-state index in [4.69, 9.17) is 0 Å². The molecule has 4 aliphatic rings. The lowest BCUT2D eigenvalue weighted by molar-refractivity contribution is -0.138. The van der Waals surface area contributed by atoms with Crippen molar-refractivity contribution in [3.05, 3.63) is 275 Å². The zero-order valence-electron chi connectivity index (χ0n) is 53.3. The maximum absolute atomic E-state index is 14.6. The maximum atomic E-state index is 14.6. The van der Waals surface area contributed by atoms with Crippen LogP contribution in [0.5, 0.6) is 0 Å². The molecule has 0 amide bonds. The van der Waals surface area contributed by atoms with E-state index in [1.165, 1.54) is 45.0 Å². The van der Waals surface area contributed by atoms with Crippen LogP contribution >= 0.6 is 0 Å². The Kier molecular flexibility index (Phi) is 15.9. The fraction of sp³-hybridized carbons (Fsp3) is 0.205. The predicted molar refractivity (Wildman–Crippen MR) is 379 cm³/mol. The average Bonchev–Trinajstić information content (AvgIpc) is 0.724. The van der Waals surface area contributed by atoms with Crippen LogP contribution < -0.4 is 30.5 Å². The van der Waals surface area contributed by atoms with Gasteiger partial charge in [0.2, 0.25) is 0 Å². The molecule has 0 radical (unpaired) electrons. The van der Waals surface area contributed by atoms with E-state index in [-0.39, 0.29) is 5.92 Å². The lowest BCUT2D eigenvalue weighted by Gasteiger charge is -2.44. The van der Waals surface area contributed by atoms with Gasteiger partial charge in [-0.25, -0.2) is 0 Å². The summed E-state index contributed by atoms with van der Waals surface area (Å²) in [6.07, 6.45) is 8.10. The SMILES string of the molecule is C[Si](C)(C)c1cccc(-c2ccc(N(C3=C4C=CC5=C6C(=CC=C(C=C3)C46)C(N(c3ccc(C(F)(F)F)cc3)c3ccc(-c4cccc([Si](C)(C)C)c4)cc3-c3cccc([Si](C)(C)C)c3)C=C5)c3ccc(C(F)(F)F)cc3)c(-c3cccc([Si](C)(C)C)c3)c2)c1. The summed E-state index contributed by atoms with van der Waals surface area (Å²) in [4.78, 5) is 4.35. The Morgan fingerprint density at radius 3 is 1.27 bits per heavy atom. The van der Waals surface area contributed by atoms with Gasteiger partial charge >= 0.3 is 12.4 Å². The normalized spacial score (nSPS) is 16.7. The molecule has 456 valence electrons. The third-order valence-corrected chi connectivity index (χ3v) is 26.3. The van der Waals surface area contributed by atoms with Gasteiger partial charge in [0, 0.05) is 34.1 Å². The van der Waals surface area contributed by atoms with Crippen LogP contribution in [0.1, 0.15) is 11.1 Å². The third-order valence-electron chi connectivity index (χ3n) is 18.1. The Morgan fingerprint density at radius 1 is 0.378 bits per heavy atom. The molecule has 0 heterocycles. The van der Waals surface area contributed by atoms with Crippen LogP contribution in [0.15, 0.2) is 264 Å². The van der Waals surface area contributed by atoms with Crippen molar-refractivity contribution < 1.29 is 26.3 Å². The van der Waals surface area contributed by atoms with Gasteiger partial charge in [-0.1, -0.05) is 251 Å². The summed E-state index contributed by atoms with van der Waals surface area (Å²) < 4.78 is 87.4. The molecule has 0 spiro atoms. The zero-order valence-corrected chi connectivity index (χ0v) is 57.3. The summed E-state index contributed by atoms with van der Waals surface area (Å²) in [5.74, 6) is -0.319. The maximum Gasteiger partial charge on any atom is 0.416 e. The fourth-order valence-corrected chi connectivity index (χ4v) is 17.7. The average molecular weight is 1270 g/mol. The van der Waals surface area contributed by atoms with Crippen LogP contribution in [0.2, 0.25) is 78.6 Å². The summed E-state index contributed by atoms with van der Waals surface area (Å²) in [6, 6.07) is 58.9. The molecule has 0 bridgehead atoms. The van der Waals surface area contributed by atoms with E-state index in [0.29, 0.717) is 11.4 Å². The lowest BCUT2D eigenvalue weighted by atomic mass is 9.67. The number of alkyl halides is 6. The molecule has 8 aromatic carbocycles. The van der Waals surface area contributed by atoms with Crippen LogP contribution in [-0.2, 0) is 12.4 Å². The summed E-state index contributed by atoms with van der Waals surface area (Å²) in [5, 5.41) is 5.25. The van der Waals surface area contributed by atoms with Crippen LogP contribution in [0.3, 0.4) is 0 Å². The largest absolute Gasteiger partial charge is 0.416 e. The Balaban J connectivity index is 1.05. The van der Waals surface area contributed by atoms with Crippen molar-refractivity contribution >= 4 is 75.8 Å². The highest BCUT2D eigenvalue weighted by molar-refractivity contribution is 6.90. The molecule has 2 atom stereocenters. The molecular weight excluding hydrogens is 1190 g/mol. The van der Waals surface area contributed by atoms with Crippen molar-refractivity contribution in [2.45, 2.75) is 97.0 Å². The highest BCUT2D eigenvalue weighted by atomic mass is 28.3. The lowest BCUT2D eigenvalue weighted by Crippen LogP contribution is -2.38. The van der Waals surface area contributed by atoms with Crippen molar-refractivity contribution in [3.63, 3.8) is 0 Å². The molecule has 0 aliphatic heterocycles. The van der Waals surface area contributed by atoms with E-state index in [2.05, 4.69) is 270 Å². The highest BCUT2D eigenvalue weighted by Gasteiger charge is 2.42. The number of anilines is 4. The molecule has 0 N–H and O–H groups in total. The smallest absolute Gasteiger partial charge is 0.330 e. The zero-order chi connectivity index (χ0) is 64.0. The van der Waals surface area contributed by atoms with Gasteiger partial charge in [-0.3, -0.25) is 0 Å². The summed E-state index contributed by atoms with van der Waals surface area (Å²) in [7, 11) is -7.12. The summed E-state index contributed by atoms with van der Waals surface area (Å²) >= 11 is 0. The second-order valence-corrected chi connectivity index (χ2v) is 48.8. The minimum absolute atomic E-state index is 0.319. The van der Waals surface area contributed by atoms with Gasteiger partial charge in [0.15, 0.2) is 0 Å². The summed E-state index contributed by atoms with van der Waals surface area (Å²) in [6.45, 7) is 28.1. The van der Waals surface area contributed by atoms with Crippen molar-refractivity contribution in [2.75, 3.05) is 9.80 Å². The van der Waals surface area contributed by atoms with E-state index < -0.39 is 61.8 Å². The third kappa shape index (κ3) is 12.2. The van der Waals surface area contributed by atoms with Gasteiger partial charge in [0.05, 0.1) is 60.8 Å². The molecule has 0 aromatic heterocycles. The molecule has 2 nitrogen and oxygen atoms in total. The Hall–Kier alpha value is -8.01. The molecule has 12 heteroatoms. The highest BCUT2D eigenvalue weighted by Crippen LogP contribution is 2.54. The molecule has 2 unspecified atom stereocenters. The van der Waals surface area contributed by atoms with Crippen LogP contribution in [0.4, 0.5) is 49.1 Å². The van der Waals surface area contributed by atoms with E-state index in [1.54, 1.807) is 24.3 Å². The van der Waals surface area contributed by atoms with E-state index in [1.807, 2.05) is 0 Å². The minimum atomic E-state index is -4.55. The quantitative estimate of drug-likeness (QED) is 0.0791. The van der Waals surface area contributed by atoms with Crippen molar-refractivity contribution in [2.24, 2.45) is 5.92 Å². The first-order valence-electron chi connectivity index (χ1n) is 31.0. The van der Waals surface area contributed by atoms with Crippen LogP contribution in [0, 0.1) is 5.92 Å². The first kappa shape index (κ1) is 62.2. The second-order valence-electron chi connectivity index (χ2n) is 28.5. The number of rotatable bonds is 14. The Labute approximate surface area is 531 Å². The van der Waals surface area contributed by atoms with Crippen molar-refractivity contribution in [1.29, 1.82) is 0 Å². The first-order valence-corrected chi connectivity index (χ1v) is 45.0. The van der Waals surface area contributed by atoms with Gasteiger partial charge in [0.25, 0.3) is 0 Å². The van der Waals surface area contributed by atoms with Gasteiger partial charge in [0.1, 0.15) is 0 Å². The fourth-order valence-electron chi connectivity index (χ4n) is 12.9. The number of allylic oxidation sites excluding steroid dienone is 10. The molecule has 12 rings (SSSR count). The van der Waals surface area contributed by atoms with Gasteiger partial charge < -0.3 is 9.80 Å². The number of benzene rings is 8. The first-order chi connectivity index (χ1) is 42.4. The van der Waals surface area contributed by atoms with Crippen molar-refractivity contribution in [3.8, 4) is 44.5 Å². The topological polar surface area (TPSA) is 6.48 Å². The Morgan fingerprint density at radius 2 is 0.800 bits per heavy atom. The monoisotopic (exact) mass is 1270 g/mol. The van der Waals surface area contributed by atoms with Gasteiger partial charge in [-0.05, 0) is 140 Å². The van der Waals surface area contributed by atoms with Crippen LogP contribution in [0.25, 0.3) is 44.5 Å². The number of hydrogen-bond donors (Lipinski definition) is 0. The molecule has 0 saturated carbocycles. The van der Waals surface area contributed by atoms with Crippen molar-refractivity contribution in [1.82, 2.24) is 0 Å². The molecule has 0 saturated heterocycles. The minimum Gasteiger partial charge on any atom is -0.330 e. The van der Waals surface area contributed by atoms with E-state index >= 15 is 0 Å². The predicted octanol–water partition coefficient (Wildman–Crippen LogP) is 20.7. The van der Waals surface area contributed by atoms with E-state index in [0.717, 1.165) is 89.4 Å². The van der Waals surface area contributed by atoms with E-state index in [9.17, 15) is 26.3 Å². The van der Waals surface area contributed by atoms with Gasteiger partial charge in [-0.2, -0.15) is 26.3 Å².